The Morgan fingerprint density at radius 2 is 1.64 bits per heavy atom. The van der Waals surface area contributed by atoms with Gasteiger partial charge >= 0.3 is 0 Å². The Hall–Kier alpha value is -2.41. The number of hydrogen-bond donors (Lipinski definition) is 2. The summed E-state index contributed by atoms with van der Waals surface area (Å²) in [5, 5.41) is 6.24. The number of anilines is 1. The summed E-state index contributed by atoms with van der Waals surface area (Å²) in [6, 6.07) is 22.6. The molecule has 4 rings (SSSR count). The van der Waals surface area contributed by atoms with Crippen LogP contribution >= 0.6 is 35.3 Å². The van der Waals surface area contributed by atoms with Crippen LogP contribution < -0.4 is 5.32 Å². The molecule has 1 N–H and O–H groups in total. The lowest BCUT2D eigenvalue weighted by Crippen LogP contribution is -2.12. The van der Waals surface area contributed by atoms with Gasteiger partial charge in [0, 0.05) is 15.8 Å². The van der Waals surface area contributed by atoms with E-state index in [9.17, 15) is 4.79 Å². The number of thiazole rings is 1. The average molecular weight is 423 g/mol. The van der Waals surface area contributed by atoms with Gasteiger partial charge in [0.15, 0.2) is 5.13 Å². The maximum absolute atomic E-state index is 11.6. The van der Waals surface area contributed by atoms with Gasteiger partial charge in [-0.05, 0) is 24.1 Å². The molecule has 0 aliphatic heterocycles. The third kappa shape index (κ3) is 4.04. The zero-order chi connectivity index (χ0) is 19.5. The minimum absolute atomic E-state index is 0.0135. The molecular formula is C22H18N2OS3. The van der Waals surface area contributed by atoms with Crippen LogP contribution in [0.5, 0.6) is 0 Å². The second-order valence-corrected chi connectivity index (χ2v) is 8.84. The second-order valence-electron chi connectivity index (χ2n) is 6.32. The largest absolute Gasteiger partial charge is 0.351 e. The lowest BCUT2D eigenvalue weighted by molar-refractivity contribution is 0.109. The first-order chi connectivity index (χ1) is 13.6. The van der Waals surface area contributed by atoms with Gasteiger partial charge in [-0.1, -0.05) is 73.3 Å². The Morgan fingerprint density at radius 3 is 2.18 bits per heavy atom. The van der Waals surface area contributed by atoms with E-state index in [2.05, 4.69) is 42.2 Å². The topological polar surface area (TPSA) is 42.0 Å². The number of benzene rings is 2. The Bertz CT molecular complexity index is 1050. The molecule has 0 amide bonds. The number of nitrogens with zero attached hydrogens (tertiary/aromatic N) is 1. The molecule has 0 radical (unpaired) electrons. The number of thiol groups is 1. The quantitative estimate of drug-likeness (QED) is 0.351. The molecule has 4 aromatic rings. The predicted octanol–water partition coefficient (Wildman–Crippen LogP) is 6.45. The first kappa shape index (κ1) is 18.9. The van der Waals surface area contributed by atoms with E-state index in [1.54, 1.807) is 11.3 Å². The highest BCUT2D eigenvalue weighted by Gasteiger charge is 2.17. The van der Waals surface area contributed by atoms with Crippen molar-refractivity contribution in [1.82, 2.24) is 4.98 Å². The summed E-state index contributed by atoms with van der Waals surface area (Å²) >= 11 is 6.95. The molecule has 0 bridgehead atoms. The zero-order valence-corrected chi connectivity index (χ0v) is 17.7. The van der Waals surface area contributed by atoms with E-state index in [1.165, 1.54) is 22.5 Å². The normalized spacial score (nSPS) is 11.0. The van der Waals surface area contributed by atoms with Crippen LogP contribution in [-0.2, 0) is 0 Å². The molecule has 2 heterocycles. The number of aromatic nitrogens is 1. The molecule has 0 atom stereocenters. The molecule has 0 aliphatic carbocycles. The fraction of sp³-hybridized carbons (Fsp3) is 0.0909. The SMILES string of the molecule is Cc1sc(C(=O)S)cc1-c1csc(NC(c2ccccc2)c2ccccc2)n1. The fourth-order valence-corrected chi connectivity index (χ4v) is 4.89. The molecule has 28 heavy (non-hydrogen) atoms. The van der Waals surface area contributed by atoms with Gasteiger partial charge < -0.3 is 5.32 Å². The predicted molar refractivity (Wildman–Crippen MR) is 122 cm³/mol. The maximum atomic E-state index is 11.6. The lowest BCUT2D eigenvalue weighted by Gasteiger charge is -2.19. The molecular weight excluding hydrogens is 404 g/mol. The van der Waals surface area contributed by atoms with Crippen molar-refractivity contribution in [2.45, 2.75) is 13.0 Å². The smallest absolute Gasteiger partial charge is 0.226 e. The van der Waals surface area contributed by atoms with Crippen LogP contribution in [0.25, 0.3) is 11.3 Å². The van der Waals surface area contributed by atoms with E-state index in [0.29, 0.717) is 4.88 Å². The van der Waals surface area contributed by atoms with Crippen molar-refractivity contribution in [2.24, 2.45) is 0 Å². The minimum Gasteiger partial charge on any atom is -0.351 e. The third-order valence-corrected chi connectivity index (χ3v) is 6.66. The summed E-state index contributed by atoms with van der Waals surface area (Å²) in [5.74, 6) is 0. The van der Waals surface area contributed by atoms with Gasteiger partial charge in [0.2, 0.25) is 5.12 Å². The Labute approximate surface area is 177 Å². The molecule has 0 saturated carbocycles. The zero-order valence-electron chi connectivity index (χ0n) is 15.1. The highest BCUT2D eigenvalue weighted by Crippen LogP contribution is 2.35. The number of thiophene rings is 1. The van der Waals surface area contributed by atoms with E-state index in [0.717, 1.165) is 21.3 Å². The molecule has 3 nitrogen and oxygen atoms in total. The molecule has 0 unspecified atom stereocenters. The standard InChI is InChI=1S/C22H18N2OS3/c1-14-17(12-19(28-14)21(25)26)18-13-27-22(23-18)24-20(15-8-4-2-5-9-15)16-10-6-3-7-11-16/h2-13,20H,1H3,(H,23,24)(H,25,26). The number of nitrogens with one attached hydrogen (secondary N) is 1. The summed E-state index contributed by atoms with van der Waals surface area (Å²) in [6.45, 7) is 2.00. The molecule has 2 aromatic carbocycles. The summed E-state index contributed by atoms with van der Waals surface area (Å²) in [6.07, 6.45) is 0. The summed E-state index contributed by atoms with van der Waals surface area (Å²) in [7, 11) is 0. The Kier molecular flexibility index (Phi) is 5.62. The molecule has 0 fully saturated rings. The highest BCUT2D eigenvalue weighted by molar-refractivity contribution is 7.97. The third-order valence-electron chi connectivity index (χ3n) is 4.44. The number of rotatable bonds is 6. The van der Waals surface area contributed by atoms with Gasteiger partial charge in [0.1, 0.15) is 0 Å². The molecule has 2 aromatic heterocycles. The fourth-order valence-electron chi connectivity index (χ4n) is 3.08. The van der Waals surface area contributed by atoms with Crippen LogP contribution in [-0.4, -0.2) is 10.1 Å². The van der Waals surface area contributed by atoms with Crippen LogP contribution in [0.15, 0.2) is 72.1 Å². The Morgan fingerprint density at radius 1 is 1.04 bits per heavy atom. The van der Waals surface area contributed by atoms with Gasteiger partial charge in [-0.15, -0.1) is 22.7 Å². The van der Waals surface area contributed by atoms with Crippen molar-refractivity contribution >= 4 is 45.5 Å². The summed E-state index contributed by atoms with van der Waals surface area (Å²) in [4.78, 5) is 18.0. The minimum atomic E-state index is -0.207. The van der Waals surface area contributed by atoms with E-state index in [4.69, 9.17) is 4.98 Å². The lowest BCUT2D eigenvalue weighted by atomic mass is 9.99. The number of hydrogen-bond acceptors (Lipinski definition) is 5. The van der Waals surface area contributed by atoms with Crippen molar-refractivity contribution in [1.29, 1.82) is 0 Å². The molecule has 0 saturated heterocycles. The second kappa shape index (κ2) is 8.31. The van der Waals surface area contributed by atoms with E-state index < -0.39 is 0 Å². The van der Waals surface area contributed by atoms with Crippen molar-refractivity contribution in [2.75, 3.05) is 5.32 Å². The van der Waals surface area contributed by atoms with Crippen LogP contribution in [0.1, 0.15) is 31.7 Å². The average Bonchev–Trinajstić information content (AvgIpc) is 3.34. The first-order valence-electron chi connectivity index (χ1n) is 8.78. The highest BCUT2D eigenvalue weighted by atomic mass is 32.1. The molecule has 6 heteroatoms. The number of carbonyl (C=O) groups is 1. The van der Waals surface area contributed by atoms with Gasteiger partial charge in [0.25, 0.3) is 0 Å². The van der Waals surface area contributed by atoms with Crippen LogP contribution in [0, 0.1) is 6.92 Å². The monoisotopic (exact) mass is 422 g/mol. The Balaban J connectivity index is 1.65. The molecule has 0 spiro atoms. The van der Waals surface area contributed by atoms with E-state index >= 15 is 0 Å². The van der Waals surface area contributed by atoms with Crippen molar-refractivity contribution in [3.8, 4) is 11.3 Å². The van der Waals surface area contributed by atoms with Crippen LogP contribution in [0.4, 0.5) is 5.13 Å². The van der Waals surface area contributed by atoms with Crippen LogP contribution in [0.2, 0.25) is 0 Å². The number of aryl methyl sites for hydroxylation is 1. The van der Waals surface area contributed by atoms with Crippen molar-refractivity contribution in [3.05, 3.63) is 93.0 Å². The van der Waals surface area contributed by atoms with E-state index in [-0.39, 0.29) is 11.2 Å². The van der Waals surface area contributed by atoms with Crippen molar-refractivity contribution in [3.63, 3.8) is 0 Å². The molecule has 0 aliphatic rings. The maximum Gasteiger partial charge on any atom is 0.226 e. The molecule has 140 valence electrons. The van der Waals surface area contributed by atoms with Crippen molar-refractivity contribution < 1.29 is 4.79 Å². The van der Waals surface area contributed by atoms with E-state index in [1.807, 2.05) is 54.8 Å². The summed E-state index contributed by atoms with van der Waals surface area (Å²) in [5.41, 5.74) is 4.23. The van der Waals surface area contributed by atoms with Crippen LogP contribution in [0.3, 0.4) is 0 Å². The summed E-state index contributed by atoms with van der Waals surface area (Å²) < 4.78 is 0. The number of carbonyl (C=O) groups excluding carboxylic acids is 1. The van der Waals surface area contributed by atoms with Gasteiger partial charge in [-0.3, -0.25) is 4.79 Å². The first-order valence-corrected chi connectivity index (χ1v) is 10.9. The van der Waals surface area contributed by atoms with Gasteiger partial charge in [0.05, 0.1) is 16.6 Å². The van der Waals surface area contributed by atoms with Gasteiger partial charge in [-0.25, -0.2) is 4.98 Å². The van der Waals surface area contributed by atoms with Gasteiger partial charge in [-0.2, -0.15) is 0 Å².